The van der Waals surface area contributed by atoms with Crippen LogP contribution in [-0.4, -0.2) is 12.1 Å². The molecule has 0 aliphatic heterocycles. The van der Waals surface area contributed by atoms with Crippen molar-refractivity contribution in [2.24, 2.45) is 5.73 Å². The first-order chi connectivity index (χ1) is 8.83. The molecule has 1 aromatic heterocycles. The first-order valence-corrected chi connectivity index (χ1v) is 5.72. The van der Waals surface area contributed by atoms with Gasteiger partial charge in [0.2, 0.25) is 0 Å². The standard InChI is InChI=1S/C14H16N2O2/c1-17-13-4-2-3-11(7-13)10-18-14-9-16-6-5-12(14)8-15/h2-7,9H,8,10,15H2,1H3. The second-order valence-corrected chi connectivity index (χ2v) is 3.83. The van der Waals surface area contributed by atoms with Crippen LogP contribution in [0.4, 0.5) is 0 Å². The molecule has 0 saturated carbocycles. The van der Waals surface area contributed by atoms with Crippen LogP contribution in [0, 0.1) is 0 Å². The molecule has 18 heavy (non-hydrogen) atoms. The molecule has 0 radical (unpaired) electrons. The maximum atomic E-state index is 5.72. The number of ether oxygens (including phenoxy) is 2. The SMILES string of the molecule is COc1cccc(COc2cnccc2CN)c1. The van der Waals surface area contributed by atoms with Gasteiger partial charge in [0, 0.05) is 18.3 Å². The summed E-state index contributed by atoms with van der Waals surface area (Å²) >= 11 is 0. The van der Waals surface area contributed by atoms with Gasteiger partial charge in [0.15, 0.2) is 0 Å². The van der Waals surface area contributed by atoms with Gasteiger partial charge in [-0.15, -0.1) is 0 Å². The van der Waals surface area contributed by atoms with Gasteiger partial charge in [-0.3, -0.25) is 4.98 Å². The van der Waals surface area contributed by atoms with Crippen LogP contribution in [-0.2, 0) is 13.2 Å². The zero-order valence-electron chi connectivity index (χ0n) is 10.3. The lowest BCUT2D eigenvalue weighted by molar-refractivity contribution is 0.301. The number of pyridine rings is 1. The minimum Gasteiger partial charge on any atom is -0.497 e. The van der Waals surface area contributed by atoms with Gasteiger partial charge in [0.25, 0.3) is 0 Å². The molecule has 94 valence electrons. The molecule has 4 heteroatoms. The largest absolute Gasteiger partial charge is 0.497 e. The number of nitrogens with zero attached hydrogens (tertiary/aromatic N) is 1. The van der Waals surface area contributed by atoms with Crippen LogP contribution in [0.5, 0.6) is 11.5 Å². The predicted octanol–water partition coefficient (Wildman–Crippen LogP) is 2.13. The summed E-state index contributed by atoms with van der Waals surface area (Å²) in [4.78, 5) is 4.03. The number of hydrogen-bond acceptors (Lipinski definition) is 4. The summed E-state index contributed by atoms with van der Waals surface area (Å²) < 4.78 is 10.9. The Kier molecular flexibility index (Phi) is 4.15. The molecule has 4 nitrogen and oxygen atoms in total. The lowest BCUT2D eigenvalue weighted by Crippen LogP contribution is -2.03. The fourth-order valence-corrected chi connectivity index (χ4v) is 1.63. The second kappa shape index (κ2) is 6.02. The van der Waals surface area contributed by atoms with Crippen LogP contribution in [0.2, 0.25) is 0 Å². The van der Waals surface area contributed by atoms with Crippen molar-refractivity contribution in [1.82, 2.24) is 4.98 Å². The number of aromatic nitrogens is 1. The molecule has 0 unspecified atom stereocenters. The molecule has 2 aromatic rings. The summed E-state index contributed by atoms with van der Waals surface area (Å²) in [7, 11) is 1.65. The number of benzene rings is 1. The summed E-state index contributed by atoms with van der Waals surface area (Å²) in [5, 5.41) is 0. The molecule has 0 atom stereocenters. The van der Waals surface area contributed by atoms with Gasteiger partial charge in [0.1, 0.15) is 18.1 Å². The first-order valence-electron chi connectivity index (χ1n) is 5.72. The van der Waals surface area contributed by atoms with E-state index < -0.39 is 0 Å². The van der Waals surface area contributed by atoms with E-state index in [0.29, 0.717) is 13.2 Å². The van der Waals surface area contributed by atoms with Gasteiger partial charge in [-0.05, 0) is 23.8 Å². The fourth-order valence-electron chi connectivity index (χ4n) is 1.63. The summed E-state index contributed by atoms with van der Waals surface area (Å²) in [6.07, 6.45) is 3.39. The molecule has 0 bridgehead atoms. The average Bonchev–Trinajstić information content (AvgIpc) is 2.45. The van der Waals surface area contributed by atoms with Crippen LogP contribution >= 0.6 is 0 Å². The van der Waals surface area contributed by atoms with Crippen LogP contribution in [0.25, 0.3) is 0 Å². The summed E-state index contributed by atoms with van der Waals surface area (Å²) in [6.45, 7) is 0.909. The average molecular weight is 244 g/mol. The van der Waals surface area contributed by atoms with Crippen LogP contribution in [0.3, 0.4) is 0 Å². The monoisotopic (exact) mass is 244 g/mol. The third-order valence-corrected chi connectivity index (χ3v) is 2.62. The molecule has 0 saturated heterocycles. The van der Waals surface area contributed by atoms with Gasteiger partial charge in [0.05, 0.1) is 13.3 Å². The van der Waals surface area contributed by atoms with Crippen molar-refractivity contribution in [3.05, 3.63) is 53.9 Å². The van der Waals surface area contributed by atoms with Gasteiger partial charge < -0.3 is 15.2 Å². The van der Waals surface area contributed by atoms with Gasteiger partial charge in [-0.2, -0.15) is 0 Å². The molecule has 2 N–H and O–H groups in total. The zero-order chi connectivity index (χ0) is 12.8. The Balaban J connectivity index is 2.06. The Morgan fingerprint density at radius 2 is 2.17 bits per heavy atom. The summed E-state index contributed by atoms with van der Waals surface area (Å²) in [6, 6.07) is 9.63. The molecule has 0 fully saturated rings. The third-order valence-electron chi connectivity index (χ3n) is 2.62. The van der Waals surface area contributed by atoms with Crippen LogP contribution in [0.15, 0.2) is 42.7 Å². The van der Waals surface area contributed by atoms with Crippen LogP contribution in [0.1, 0.15) is 11.1 Å². The molecule has 1 heterocycles. The molecule has 0 amide bonds. The Morgan fingerprint density at radius 3 is 2.94 bits per heavy atom. The van der Waals surface area contributed by atoms with Crippen molar-refractivity contribution in [2.45, 2.75) is 13.2 Å². The smallest absolute Gasteiger partial charge is 0.142 e. The Morgan fingerprint density at radius 1 is 1.28 bits per heavy atom. The highest BCUT2D eigenvalue weighted by Gasteiger charge is 2.02. The van der Waals surface area contributed by atoms with E-state index in [1.807, 2.05) is 30.3 Å². The van der Waals surface area contributed by atoms with Crippen molar-refractivity contribution < 1.29 is 9.47 Å². The van der Waals surface area contributed by atoms with Crippen molar-refractivity contribution in [1.29, 1.82) is 0 Å². The van der Waals surface area contributed by atoms with E-state index >= 15 is 0 Å². The van der Waals surface area contributed by atoms with Crippen LogP contribution < -0.4 is 15.2 Å². The third kappa shape index (κ3) is 2.99. The number of methoxy groups -OCH3 is 1. The lowest BCUT2D eigenvalue weighted by Gasteiger charge is -2.10. The highest BCUT2D eigenvalue weighted by Crippen LogP contribution is 2.19. The predicted molar refractivity (Wildman–Crippen MR) is 69.5 cm³/mol. The molecule has 2 rings (SSSR count). The summed E-state index contributed by atoms with van der Waals surface area (Å²) in [5.74, 6) is 1.55. The molecule has 0 spiro atoms. The van der Waals surface area contributed by atoms with E-state index in [1.165, 1.54) is 0 Å². The Bertz CT molecular complexity index is 515. The van der Waals surface area contributed by atoms with Crippen molar-refractivity contribution in [2.75, 3.05) is 7.11 Å². The lowest BCUT2D eigenvalue weighted by atomic mass is 10.2. The molecular formula is C14H16N2O2. The van der Waals surface area contributed by atoms with E-state index in [-0.39, 0.29) is 0 Å². The Labute approximate surface area is 106 Å². The zero-order valence-corrected chi connectivity index (χ0v) is 10.3. The van der Waals surface area contributed by atoms with Gasteiger partial charge in [-0.25, -0.2) is 0 Å². The quantitative estimate of drug-likeness (QED) is 0.875. The van der Waals surface area contributed by atoms with E-state index in [1.54, 1.807) is 19.5 Å². The Hall–Kier alpha value is -2.07. The minimum atomic E-state index is 0.440. The minimum absolute atomic E-state index is 0.440. The number of nitrogens with two attached hydrogens (primary N) is 1. The first kappa shape index (κ1) is 12.4. The molecular weight excluding hydrogens is 228 g/mol. The van der Waals surface area contributed by atoms with Crippen molar-refractivity contribution in [3.63, 3.8) is 0 Å². The molecule has 0 aliphatic rings. The molecule has 1 aromatic carbocycles. The number of hydrogen-bond donors (Lipinski definition) is 1. The van der Waals surface area contributed by atoms with Crippen molar-refractivity contribution in [3.8, 4) is 11.5 Å². The van der Waals surface area contributed by atoms with Crippen molar-refractivity contribution >= 4 is 0 Å². The molecule has 0 aliphatic carbocycles. The van der Waals surface area contributed by atoms with E-state index in [9.17, 15) is 0 Å². The van der Waals surface area contributed by atoms with Gasteiger partial charge in [-0.1, -0.05) is 12.1 Å². The number of rotatable bonds is 5. The summed E-state index contributed by atoms with van der Waals surface area (Å²) in [5.41, 5.74) is 7.63. The highest BCUT2D eigenvalue weighted by molar-refractivity contribution is 5.31. The maximum Gasteiger partial charge on any atom is 0.142 e. The van der Waals surface area contributed by atoms with Gasteiger partial charge >= 0.3 is 0 Å². The maximum absolute atomic E-state index is 5.72. The van der Waals surface area contributed by atoms with E-state index in [2.05, 4.69) is 4.98 Å². The van der Waals surface area contributed by atoms with E-state index in [4.69, 9.17) is 15.2 Å². The topological polar surface area (TPSA) is 57.4 Å². The second-order valence-electron chi connectivity index (χ2n) is 3.83. The highest BCUT2D eigenvalue weighted by atomic mass is 16.5. The fraction of sp³-hybridized carbons (Fsp3) is 0.214. The normalized spacial score (nSPS) is 10.1. The van der Waals surface area contributed by atoms with E-state index in [0.717, 1.165) is 22.6 Å².